The molecule has 174 valence electrons. The molecule has 1 N–H and O–H groups in total. The predicted molar refractivity (Wildman–Crippen MR) is 129 cm³/mol. The fourth-order valence-corrected chi connectivity index (χ4v) is 3.43. The van der Waals surface area contributed by atoms with Gasteiger partial charge in [0.1, 0.15) is 0 Å². The smallest absolute Gasteiger partial charge is 0.322 e. The summed E-state index contributed by atoms with van der Waals surface area (Å²) in [6.45, 7) is 0. The molecule has 0 aliphatic heterocycles. The van der Waals surface area contributed by atoms with Crippen LogP contribution in [0.15, 0.2) is 103 Å². The molecular weight excluding hydrogens is 453 g/mol. The Hall–Kier alpha value is -4.52. The van der Waals surface area contributed by atoms with E-state index in [1.165, 1.54) is 18.2 Å². The summed E-state index contributed by atoms with van der Waals surface area (Å²) in [5.74, 6) is -0.615. The Balaban J connectivity index is 1.48. The van der Waals surface area contributed by atoms with Crippen LogP contribution >= 0.6 is 0 Å². The predicted octanol–water partition coefficient (Wildman–Crippen LogP) is 6.92. The molecule has 0 saturated carbocycles. The first kappa shape index (κ1) is 23.6. The zero-order valence-electron chi connectivity index (χ0n) is 18.3. The number of carbonyl (C=O) groups excluding carboxylic acids is 2. The van der Waals surface area contributed by atoms with Gasteiger partial charge in [-0.05, 0) is 77.4 Å². The van der Waals surface area contributed by atoms with Gasteiger partial charge in [-0.2, -0.15) is 13.2 Å². The summed E-state index contributed by atoms with van der Waals surface area (Å²) in [5.41, 5.74) is 2.28. The average molecular weight is 472 g/mol. The number of alkyl halides is 3. The van der Waals surface area contributed by atoms with Crippen LogP contribution in [0.3, 0.4) is 0 Å². The molecule has 0 aliphatic rings. The maximum absolute atomic E-state index is 12.9. The lowest BCUT2D eigenvalue weighted by molar-refractivity contribution is -0.137. The standard InChI is InChI=1S/C28H19F3N2O2/c29-28(30,31)22-12-8-20(9-13-22)24-5-1-2-6-25(24)27(35)33-23-14-10-21(11-15-23)26(34)16-7-19-4-3-17-32-18-19/h1-18H,(H,33,35). The molecule has 0 bridgehead atoms. The third-order valence-electron chi connectivity index (χ3n) is 5.23. The van der Waals surface area contributed by atoms with Crippen LogP contribution < -0.4 is 5.32 Å². The molecule has 1 amide bonds. The lowest BCUT2D eigenvalue weighted by Crippen LogP contribution is -2.13. The van der Waals surface area contributed by atoms with Crippen molar-refractivity contribution in [3.63, 3.8) is 0 Å². The summed E-state index contributed by atoms with van der Waals surface area (Å²) in [4.78, 5) is 29.3. The van der Waals surface area contributed by atoms with E-state index in [9.17, 15) is 22.8 Å². The van der Waals surface area contributed by atoms with Gasteiger partial charge in [0.05, 0.1) is 5.56 Å². The van der Waals surface area contributed by atoms with Crippen LogP contribution in [0.1, 0.15) is 31.8 Å². The van der Waals surface area contributed by atoms with E-state index in [0.717, 1.165) is 17.7 Å². The lowest BCUT2D eigenvalue weighted by Gasteiger charge is -2.12. The molecular formula is C28H19F3N2O2. The van der Waals surface area contributed by atoms with Gasteiger partial charge in [0.15, 0.2) is 5.78 Å². The average Bonchev–Trinajstić information content (AvgIpc) is 2.88. The zero-order valence-corrected chi connectivity index (χ0v) is 18.3. The van der Waals surface area contributed by atoms with E-state index < -0.39 is 17.6 Å². The van der Waals surface area contributed by atoms with E-state index in [1.807, 2.05) is 6.07 Å². The maximum atomic E-state index is 12.9. The zero-order chi connectivity index (χ0) is 24.8. The number of anilines is 1. The number of carbonyl (C=O) groups is 2. The molecule has 0 radical (unpaired) electrons. The summed E-state index contributed by atoms with van der Waals surface area (Å²) in [6, 6.07) is 21.4. The molecule has 4 rings (SSSR count). The molecule has 0 aliphatic carbocycles. The van der Waals surface area contributed by atoms with Gasteiger partial charge < -0.3 is 5.32 Å². The van der Waals surface area contributed by atoms with Crippen molar-refractivity contribution < 1.29 is 22.8 Å². The molecule has 7 heteroatoms. The van der Waals surface area contributed by atoms with Crippen molar-refractivity contribution in [1.82, 2.24) is 4.98 Å². The van der Waals surface area contributed by atoms with E-state index in [1.54, 1.807) is 73.1 Å². The Morgan fingerprint density at radius 1 is 0.829 bits per heavy atom. The molecule has 35 heavy (non-hydrogen) atoms. The highest BCUT2D eigenvalue weighted by Crippen LogP contribution is 2.32. The Kier molecular flexibility index (Phi) is 6.87. The molecule has 1 aromatic heterocycles. The minimum Gasteiger partial charge on any atom is -0.322 e. The van der Waals surface area contributed by atoms with Gasteiger partial charge in [-0.15, -0.1) is 0 Å². The first-order valence-electron chi connectivity index (χ1n) is 10.6. The van der Waals surface area contributed by atoms with Crippen LogP contribution in [0, 0.1) is 0 Å². The summed E-state index contributed by atoms with van der Waals surface area (Å²) in [7, 11) is 0. The molecule has 4 aromatic rings. The normalized spacial score (nSPS) is 11.4. The van der Waals surface area contributed by atoms with Crippen molar-refractivity contribution in [3.05, 3.63) is 126 Å². The SMILES string of the molecule is O=C(C=Cc1cccnc1)c1ccc(NC(=O)c2ccccc2-c2ccc(C(F)(F)F)cc2)cc1. The van der Waals surface area contributed by atoms with Crippen molar-refractivity contribution in [3.8, 4) is 11.1 Å². The largest absolute Gasteiger partial charge is 0.416 e. The number of halogens is 3. The van der Waals surface area contributed by atoms with Crippen molar-refractivity contribution in [2.24, 2.45) is 0 Å². The number of rotatable bonds is 6. The van der Waals surface area contributed by atoms with Gasteiger partial charge in [0.25, 0.3) is 5.91 Å². The monoisotopic (exact) mass is 472 g/mol. The number of allylic oxidation sites excluding steroid dienone is 1. The number of hydrogen-bond donors (Lipinski definition) is 1. The van der Waals surface area contributed by atoms with Gasteiger partial charge in [0.2, 0.25) is 0 Å². The van der Waals surface area contributed by atoms with Gasteiger partial charge in [-0.25, -0.2) is 0 Å². The maximum Gasteiger partial charge on any atom is 0.416 e. The van der Waals surface area contributed by atoms with Crippen LogP contribution in [0.2, 0.25) is 0 Å². The molecule has 0 saturated heterocycles. The van der Waals surface area contributed by atoms with Gasteiger partial charge in [-0.3, -0.25) is 14.6 Å². The van der Waals surface area contributed by atoms with Crippen LogP contribution in [0.4, 0.5) is 18.9 Å². The number of nitrogens with zero attached hydrogens (tertiary/aromatic N) is 1. The van der Waals surface area contributed by atoms with Crippen LogP contribution in [-0.2, 0) is 6.18 Å². The van der Waals surface area contributed by atoms with Gasteiger partial charge in [-0.1, -0.05) is 36.4 Å². The number of hydrogen-bond acceptors (Lipinski definition) is 3. The Bertz CT molecular complexity index is 1360. The number of amides is 1. The number of ketones is 1. The third kappa shape index (κ3) is 5.89. The van der Waals surface area contributed by atoms with Gasteiger partial charge in [0, 0.05) is 29.2 Å². The number of nitrogens with one attached hydrogen (secondary N) is 1. The second-order valence-electron chi connectivity index (χ2n) is 7.64. The highest BCUT2D eigenvalue weighted by atomic mass is 19.4. The topological polar surface area (TPSA) is 59.1 Å². The number of pyridine rings is 1. The lowest BCUT2D eigenvalue weighted by atomic mass is 9.98. The molecule has 1 heterocycles. The molecule has 0 spiro atoms. The minimum absolute atomic E-state index is 0.195. The quantitative estimate of drug-likeness (QED) is 0.245. The Morgan fingerprint density at radius 3 is 2.20 bits per heavy atom. The first-order chi connectivity index (χ1) is 16.8. The highest BCUT2D eigenvalue weighted by Gasteiger charge is 2.30. The first-order valence-corrected chi connectivity index (χ1v) is 10.6. The van der Waals surface area contributed by atoms with E-state index in [0.29, 0.717) is 27.9 Å². The third-order valence-corrected chi connectivity index (χ3v) is 5.23. The van der Waals surface area contributed by atoms with Gasteiger partial charge >= 0.3 is 6.18 Å². The summed E-state index contributed by atoms with van der Waals surface area (Å²) >= 11 is 0. The van der Waals surface area contributed by atoms with Crippen LogP contribution in [-0.4, -0.2) is 16.7 Å². The fraction of sp³-hybridized carbons (Fsp3) is 0.0357. The van der Waals surface area contributed by atoms with Crippen molar-refractivity contribution in [2.75, 3.05) is 5.32 Å². The van der Waals surface area contributed by atoms with Crippen molar-refractivity contribution >= 4 is 23.5 Å². The molecule has 0 atom stereocenters. The number of benzene rings is 3. The van der Waals surface area contributed by atoms with Crippen LogP contribution in [0.25, 0.3) is 17.2 Å². The Labute approximate surface area is 199 Å². The summed E-state index contributed by atoms with van der Waals surface area (Å²) < 4.78 is 38.6. The molecule has 3 aromatic carbocycles. The minimum atomic E-state index is -4.43. The van der Waals surface area contributed by atoms with E-state index >= 15 is 0 Å². The Morgan fingerprint density at radius 2 is 1.54 bits per heavy atom. The van der Waals surface area contributed by atoms with Crippen molar-refractivity contribution in [2.45, 2.75) is 6.18 Å². The summed E-state index contributed by atoms with van der Waals surface area (Å²) in [6.07, 6.45) is 1.98. The molecule has 0 fully saturated rings. The van der Waals surface area contributed by atoms with Crippen LogP contribution in [0.5, 0.6) is 0 Å². The second kappa shape index (κ2) is 10.2. The second-order valence-corrected chi connectivity index (χ2v) is 7.64. The molecule has 4 nitrogen and oxygen atoms in total. The molecule has 0 unspecified atom stereocenters. The number of aromatic nitrogens is 1. The summed E-state index contributed by atoms with van der Waals surface area (Å²) in [5, 5.41) is 2.77. The van der Waals surface area contributed by atoms with E-state index in [2.05, 4.69) is 10.3 Å². The highest BCUT2D eigenvalue weighted by molar-refractivity contribution is 6.09. The van der Waals surface area contributed by atoms with E-state index in [-0.39, 0.29) is 5.78 Å². The fourth-order valence-electron chi connectivity index (χ4n) is 3.43. The van der Waals surface area contributed by atoms with E-state index in [4.69, 9.17) is 0 Å². The van der Waals surface area contributed by atoms with Crippen molar-refractivity contribution in [1.29, 1.82) is 0 Å².